The second-order valence-electron chi connectivity index (χ2n) is 4.30. The quantitative estimate of drug-likeness (QED) is 0.799. The largest absolute Gasteiger partial charge is 0.287 e. The molecule has 0 aromatic carbocycles. The molecule has 0 saturated carbocycles. The Morgan fingerprint density at radius 1 is 1.40 bits per heavy atom. The van der Waals surface area contributed by atoms with Crippen LogP contribution in [0, 0.1) is 0 Å². The molecule has 1 unspecified atom stereocenters. The van der Waals surface area contributed by atoms with E-state index in [2.05, 4.69) is 4.98 Å². The molecule has 2 aromatic rings. The van der Waals surface area contributed by atoms with Crippen LogP contribution in [0.2, 0.25) is 0 Å². The Bertz CT molecular complexity index is 739. The van der Waals surface area contributed by atoms with Gasteiger partial charge < -0.3 is 0 Å². The van der Waals surface area contributed by atoms with E-state index in [1.54, 1.807) is 11.3 Å². The van der Waals surface area contributed by atoms with E-state index in [4.69, 9.17) is 10.7 Å². The van der Waals surface area contributed by atoms with Crippen LogP contribution in [-0.4, -0.2) is 31.1 Å². The molecule has 106 valence electrons. The molecule has 1 fully saturated rings. The number of hydrogen-bond acceptors (Lipinski definition) is 6. The molecule has 0 N–H and O–H groups in total. The summed E-state index contributed by atoms with van der Waals surface area (Å²) in [6.45, 7) is 0.0715. The minimum absolute atomic E-state index is 0.0715. The first-order chi connectivity index (χ1) is 9.45. The summed E-state index contributed by atoms with van der Waals surface area (Å²) < 4.78 is 22.6. The molecular formula is C11H9ClN2O3S3. The van der Waals surface area contributed by atoms with Gasteiger partial charge in [-0.15, -0.1) is 22.7 Å². The maximum atomic E-state index is 11.9. The molecule has 0 radical (unpaired) electrons. The van der Waals surface area contributed by atoms with Crippen molar-refractivity contribution in [2.24, 2.45) is 0 Å². The third-order valence-corrected chi connectivity index (χ3v) is 6.61. The number of aromatic nitrogens is 1. The number of nitrogens with zero attached hydrogens (tertiary/aromatic N) is 2. The Balaban J connectivity index is 1.86. The van der Waals surface area contributed by atoms with Crippen molar-refractivity contribution >= 4 is 53.4 Å². The van der Waals surface area contributed by atoms with Crippen LogP contribution in [0.1, 0.15) is 6.42 Å². The second kappa shape index (κ2) is 5.10. The summed E-state index contributed by atoms with van der Waals surface area (Å²) in [5.74, 6) is -0.258. The maximum Gasteiger partial charge on any atom is 0.237 e. The van der Waals surface area contributed by atoms with E-state index in [9.17, 15) is 13.2 Å². The van der Waals surface area contributed by atoms with Crippen molar-refractivity contribution in [3.8, 4) is 10.6 Å². The minimum atomic E-state index is -3.72. The van der Waals surface area contributed by atoms with Gasteiger partial charge in [0.05, 0.1) is 10.6 Å². The zero-order valence-corrected chi connectivity index (χ0v) is 13.2. The van der Waals surface area contributed by atoms with Gasteiger partial charge in [-0.3, -0.25) is 9.69 Å². The summed E-state index contributed by atoms with van der Waals surface area (Å²) in [5.41, 5.74) is 0.796. The van der Waals surface area contributed by atoms with Gasteiger partial charge in [0, 0.05) is 29.0 Å². The fraction of sp³-hybridized carbons (Fsp3) is 0.273. The third kappa shape index (κ3) is 2.60. The molecule has 0 bridgehead atoms. The Hall–Kier alpha value is -0.960. The predicted octanol–water partition coefficient (Wildman–Crippen LogP) is 2.55. The number of halogens is 1. The molecule has 1 saturated heterocycles. The molecule has 1 aliphatic heterocycles. The van der Waals surface area contributed by atoms with Crippen LogP contribution in [0.4, 0.5) is 5.13 Å². The Morgan fingerprint density at radius 3 is 2.80 bits per heavy atom. The van der Waals surface area contributed by atoms with Crippen LogP contribution in [0.5, 0.6) is 0 Å². The summed E-state index contributed by atoms with van der Waals surface area (Å²) in [4.78, 5) is 18.7. The van der Waals surface area contributed by atoms with Gasteiger partial charge in [-0.2, -0.15) is 0 Å². The van der Waals surface area contributed by atoms with Crippen molar-refractivity contribution in [1.29, 1.82) is 0 Å². The predicted molar refractivity (Wildman–Crippen MR) is 81.0 cm³/mol. The molecule has 3 heterocycles. The van der Waals surface area contributed by atoms with Crippen molar-refractivity contribution in [3.63, 3.8) is 0 Å². The highest BCUT2D eigenvalue weighted by Crippen LogP contribution is 2.33. The highest BCUT2D eigenvalue weighted by atomic mass is 35.7. The molecule has 1 aliphatic rings. The number of thiophene rings is 1. The zero-order valence-electron chi connectivity index (χ0n) is 10.0. The summed E-state index contributed by atoms with van der Waals surface area (Å²) >= 11 is 2.89. The highest BCUT2D eigenvalue weighted by Gasteiger charge is 2.39. The van der Waals surface area contributed by atoms with Gasteiger partial charge in [0.25, 0.3) is 0 Å². The van der Waals surface area contributed by atoms with E-state index in [0.29, 0.717) is 5.13 Å². The van der Waals surface area contributed by atoms with Gasteiger partial charge in [0.2, 0.25) is 15.0 Å². The van der Waals surface area contributed by atoms with Gasteiger partial charge in [-0.25, -0.2) is 13.4 Å². The van der Waals surface area contributed by atoms with E-state index < -0.39 is 14.3 Å². The fourth-order valence-corrected chi connectivity index (χ4v) is 4.61. The van der Waals surface area contributed by atoms with Crippen LogP contribution in [0.3, 0.4) is 0 Å². The van der Waals surface area contributed by atoms with Crippen molar-refractivity contribution < 1.29 is 13.2 Å². The van der Waals surface area contributed by atoms with Gasteiger partial charge in [-0.1, -0.05) is 6.07 Å². The Morgan fingerprint density at radius 2 is 2.20 bits per heavy atom. The third-order valence-electron chi connectivity index (χ3n) is 2.98. The van der Waals surface area contributed by atoms with Crippen molar-refractivity contribution in [1.82, 2.24) is 4.98 Å². The topological polar surface area (TPSA) is 67.3 Å². The summed E-state index contributed by atoms with van der Waals surface area (Å²) in [7, 11) is 1.60. The number of anilines is 1. The number of carbonyl (C=O) groups excluding carboxylic acids is 1. The lowest BCUT2D eigenvalue weighted by Crippen LogP contribution is -2.26. The van der Waals surface area contributed by atoms with Gasteiger partial charge in [-0.05, 0) is 11.4 Å². The van der Waals surface area contributed by atoms with Crippen molar-refractivity contribution in [2.45, 2.75) is 11.7 Å². The summed E-state index contributed by atoms with van der Waals surface area (Å²) in [6, 6.07) is 3.87. The standard InChI is InChI=1S/C11H9ClN2O3S3/c12-20(16,17)7-4-10(15)14(5-7)11-13-8(6-19-11)9-2-1-3-18-9/h1-3,6-7H,4-5H2. The van der Waals surface area contributed by atoms with Crippen LogP contribution in [-0.2, 0) is 13.8 Å². The summed E-state index contributed by atoms with van der Waals surface area (Å²) in [6.07, 6.45) is -0.0836. The average molecular weight is 349 g/mol. The molecule has 20 heavy (non-hydrogen) atoms. The first kappa shape index (κ1) is 14.0. The number of amides is 1. The van der Waals surface area contributed by atoms with E-state index in [1.165, 1.54) is 16.2 Å². The van der Waals surface area contributed by atoms with Gasteiger partial charge in [0.15, 0.2) is 5.13 Å². The minimum Gasteiger partial charge on any atom is -0.287 e. The molecule has 2 aromatic heterocycles. The van der Waals surface area contributed by atoms with E-state index in [1.807, 2.05) is 22.9 Å². The monoisotopic (exact) mass is 348 g/mol. The fourth-order valence-electron chi connectivity index (χ4n) is 1.97. The molecule has 0 spiro atoms. The van der Waals surface area contributed by atoms with E-state index in [0.717, 1.165) is 10.6 Å². The van der Waals surface area contributed by atoms with Gasteiger partial charge in [0.1, 0.15) is 5.25 Å². The molecule has 9 heteroatoms. The highest BCUT2D eigenvalue weighted by molar-refractivity contribution is 8.14. The number of thiazole rings is 1. The lowest BCUT2D eigenvalue weighted by atomic mass is 10.4. The molecule has 1 amide bonds. The first-order valence-corrected chi connectivity index (χ1v) is 9.81. The van der Waals surface area contributed by atoms with Crippen LogP contribution < -0.4 is 4.90 Å². The first-order valence-electron chi connectivity index (χ1n) is 5.68. The Kier molecular flexibility index (Phi) is 3.57. The van der Waals surface area contributed by atoms with Gasteiger partial charge >= 0.3 is 0 Å². The molecular weight excluding hydrogens is 340 g/mol. The van der Waals surface area contributed by atoms with E-state index in [-0.39, 0.29) is 18.9 Å². The Labute approximate surface area is 128 Å². The lowest BCUT2D eigenvalue weighted by molar-refractivity contribution is -0.117. The maximum absolute atomic E-state index is 11.9. The number of hydrogen-bond donors (Lipinski definition) is 0. The summed E-state index contributed by atoms with van der Waals surface area (Å²) in [5, 5.41) is 3.47. The smallest absolute Gasteiger partial charge is 0.237 e. The average Bonchev–Trinajstić information content (AvgIpc) is 3.06. The van der Waals surface area contributed by atoms with Crippen LogP contribution in [0.25, 0.3) is 10.6 Å². The van der Waals surface area contributed by atoms with Crippen LogP contribution >= 0.6 is 33.4 Å². The molecule has 5 nitrogen and oxygen atoms in total. The van der Waals surface area contributed by atoms with E-state index >= 15 is 0 Å². The molecule has 3 rings (SSSR count). The molecule has 1 atom stereocenters. The van der Waals surface area contributed by atoms with Crippen molar-refractivity contribution in [3.05, 3.63) is 22.9 Å². The number of carbonyl (C=O) groups is 1. The second-order valence-corrected chi connectivity index (χ2v) is 8.99. The van der Waals surface area contributed by atoms with Crippen LogP contribution in [0.15, 0.2) is 22.9 Å². The lowest BCUT2D eigenvalue weighted by Gasteiger charge is -2.11. The molecule has 0 aliphatic carbocycles. The number of rotatable bonds is 3. The zero-order chi connectivity index (χ0) is 14.3. The SMILES string of the molecule is O=C1CC(S(=O)(=O)Cl)CN1c1nc(-c2cccs2)cs1. The normalized spacial score (nSPS) is 19.8. The van der Waals surface area contributed by atoms with Crippen molar-refractivity contribution in [2.75, 3.05) is 11.4 Å².